The summed E-state index contributed by atoms with van der Waals surface area (Å²) < 4.78 is 7.65. The molecule has 1 N–H and O–H groups in total. The largest absolute Gasteiger partial charge is 0.375 e. The van der Waals surface area contributed by atoms with Crippen LogP contribution in [0.1, 0.15) is 25.5 Å². The van der Waals surface area contributed by atoms with Gasteiger partial charge in [-0.05, 0) is 61.6 Å². The van der Waals surface area contributed by atoms with Crippen LogP contribution in [-0.4, -0.2) is 77.7 Å². The van der Waals surface area contributed by atoms with E-state index in [1.165, 1.54) is 39.1 Å². The number of hydrogen-bond donors (Lipinski definition) is 1. The van der Waals surface area contributed by atoms with Crippen molar-refractivity contribution in [3.05, 3.63) is 36.2 Å². The maximum atomic E-state index is 7.47. The number of likely N-dealkylation sites (N-methyl/N-ethyl adjacent to an activating group) is 1. The Morgan fingerprint density at radius 3 is 2.73 bits per heavy atom. The molecule has 0 radical (unpaired) electrons. The van der Waals surface area contributed by atoms with Gasteiger partial charge in [-0.2, -0.15) is 9.99 Å². The van der Waals surface area contributed by atoms with E-state index in [1.807, 2.05) is 22.8 Å². The molecule has 3 heterocycles. The van der Waals surface area contributed by atoms with Crippen LogP contribution >= 0.6 is 0 Å². The highest BCUT2D eigenvalue weighted by Gasteiger charge is 2.12. The zero-order chi connectivity index (χ0) is 21.4. The highest BCUT2D eigenvalue weighted by Crippen LogP contribution is 2.07. The minimum absolute atomic E-state index is 0.0804. The second-order valence-corrected chi connectivity index (χ2v) is 6.94. The molecule has 1 fully saturated rings. The van der Waals surface area contributed by atoms with E-state index in [-0.39, 0.29) is 6.61 Å². The second kappa shape index (κ2) is 14.9. The van der Waals surface area contributed by atoms with Crippen molar-refractivity contribution in [2.75, 3.05) is 53.0 Å². The molecule has 1 saturated heterocycles. The van der Waals surface area contributed by atoms with E-state index in [0.717, 1.165) is 24.2 Å². The normalized spacial score (nSPS) is 14.8. The zero-order valence-corrected chi connectivity index (χ0v) is 17.8. The van der Waals surface area contributed by atoms with Crippen molar-refractivity contribution >= 4 is 5.52 Å². The molecule has 0 atom stereocenters. The summed E-state index contributed by atoms with van der Waals surface area (Å²) in [4.78, 5) is 9.03. The van der Waals surface area contributed by atoms with Crippen molar-refractivity contribution in [1.29, 1.82) is 0 Å². The number of unbranched alkanes of at least 4 members (excludes halogenated alkanes) is 1. The molecule has 2 aromatic rings. The maximum Gasteiger partial charge on any atom is 0.146 e. The molecule has 0 aliphatic carbocycles. The number of hydrogen-bond acceptors (Lipinski definition) is 8. The number of nitrogens with zero attached hydrogens (tertiary/aromatic N) is 4. The van der Waals surface area contributed by atoms with Crippen LogP contribution in [-0.2, 0) is 26.3 Å². The summed E-state index contributed by atoms with van der Waals surface area (Å²) in [6.45, 7) is 9.18. The quantitative estimate of drug-likeness (QED) is 0.271. The first-order valence-corrected chi connectivity index (χ1v) is 10.1. The molecule has 0 unspecified atom stereocenters. The summed E-state index contributed by atoms with van der Waals surface area (Å²) in [6, 6.07) is 8.17. The SMILES string of the molecule is CC#CCOOOO.CN1CCN(CCCCOCc2cc3ccccn3n2)CC1. The fourth-order valence-corrected chi connectivity index (χ4v) is 3.00. The monoisotopic (exact) mass is 420 g/mol. The maximum absolute atomic E-state index is 7.47. The average molecular weight is 421 g/mol. The van der Waals surface area contributed by atoms with Gasteiger partial charge in [0.1, 0.15) is 6.61 Å². The first-order valence-electron chi connectivity index (χ1n) is 10.1. The summed E-state index contributed by atoms with van der Waals surface area (Å²) in [6.07, 6.45) is 4.31. The van der Waals surface area contributed by atoms with Crippen LogP contribution in [0, 0.1) is 11.8 Å². The molecule has 166 valence electrons. The summed E-state index contributed by atoms with van der Waals surface area (Å²) in [5.74, 6) is 5.03. The van der Waals surface area contributed by atoms with Gasteiger partial charge in [0.25, 0.3) is 0 Å². The second-order valence-electron chi connectivity index (χ2n) is 6.94. The van der Waals surface area contributed by atoms with Crippen LogP contribution in [0.25, 0.3) is 5.52 Å². The topological polar surface area (TPSA) is 80.9 Å². The van der Waals surface area contributed by atoms with Crippen LogP contribution in [0.4, 0.5) is 0 Å². The molecule has 9 nitrogen and oxygen atoms in total. The molecule has 0 amide bonds. The summed E-state index contributed by atoms with van der Waals surface area (Å²) in [7, 11) is 2.20. The summed E-state index contributed by atoms with van der Waals surface area (Å²) in [5.41, 5.74) is 2.13. The molecule has 9 heteroatoms. The van der Waals surface area contributed by atoms with Gasteiger partial charge in [-0.25, -0.2) is 9.77 Å². The fourth-order valence-electron chi connectivity index (χ4n) is 3.00. The van der Waals surface area contributed by atoms with Gasteiger partial charge in [0, 0.05) is 39.0 Å². The predicted molar refractivity (Wildman–Crippen MR) is 112 cm³/mol. The molecule has 0 aromatic carbocycles. The highest BCUT2D eigenvalue weighted by molar-refractivity contribution is 5.46. The lowest BCUT2D eigenvalue weighted by Crippen LogP contribution is -2.44. The van der Waals surface area contributed by atoms with Gasteiger partial charge in [-0.15, -0.1) is 5.92 Å². The van der Waals surface area contributed by atoms with Crippen LogP contribution in [0.2, 0.25) is 0 Å². The van der Waals surface area contributed by atoms with Crippen molar-refractivity contribution in [3.63, 3.8) is 0 Å². The van der Waals surface area contributed by atoms with E-state index < -0.39 is 0 Å². The predicted octanol–water partition coefficient (Wildman–Crippen LogP) is 2.24. The Morgan fingerprint density at radius 2 is 2.00 bits per heavy atom. The lowest BCUT2D eigenvalue weighted by Gasteiger charge is -2.32. The molecule has 1 aliphatic heterocycles. The van der Waals surface area contributed by atoms with Crippen LogP contribution in [0.15, 0.2) is 30.5 Å². The van der Waals surface area contributed by atoms with Gasteiger partial charge < -0.3 is 14.5 Å². The molecule has 0 bridgehead atoms. The Balaban J connectivity index is 0.000000343. The smallest absolute Gasteiger partial charge is 0.146 e. The third-order valence-corrected chi connectivity index (χ3v) is 4.67. The van der Waals surface area contributed by atoms with Crippen molar-refractivity contribution in [1.82, 2.24) is 19.4 Å². The molecule has 3 rings (SSSR count). The minimum Gasteiger partial charge on any atom is -0.375 e. The Labute approximate surface area is 177 Å². The zero-order valence-electron chi connectivity index (χ0n) is 17.8. The number of aromatic nitrogens is 2. The Bertz CT molecular complexity index is 732. The molecule has 0 saturated carbocycles. The van der Waals surface area contributed by atoms with Crippen molar-refractivity contribution in [3.8, 4) is 11.8 Å². The molecule has 0 spiro atoms. The first-order chi connectivity index (χ1) is 14.7. The minimum atomic E-state index is 0.0804. The van der Waals surface area contributed by atoms with E-state index in [0.29, 0.717) is 6.61 Å². The molecular formula is C21H32N4O5. The average Bonchev–Trinajstić information content (AvgIpc) is 3.18. The van der Waals surface area contributed by atoms with Gasteiger partial charge in [0.2, 0.25) is 0 Å². The molecule has 30 heavy (non-hydrogen) atoms. The van der Waals surface area contributed by atoms with E-state index in [2.05, 4.69) is 60.9 Å². The van der Waals surface area contributed by atoms with Gasteiger partial charge in [0.15, 0.2) is 0 Å². The van der Waals surface area contributed by atoms with Crippen LogP contribution in [0.3, 0.4) is 0 Å². The lowest BCUT2D eigenvalue weighted by atomic mass is 10.2. The molecule has 1 aliphatic rings. The molecular weight excluding hydrogens is 388 g/mol. The number of fused-ring (bicyclic) bond motifs is 1. The third-order valence-electron chi connectivity index (χ3n) is 4.67. The third kappa shape index (κ3) is 9.65. The summed E-state index contributed by atoms with van der Waals surface area (Å²) >= 11 is 0. The lowest BCUT2D eigenvalue weighted by molar-refractivity contribution is -0.620. The Kier molecular flexibility index (Phi) is 12.0. The van der Waals surface area contributed by atoms with Gasteiger partial charge in [-0.1, -0.05) is 12.0 Å². The molecule has 2 aromatic heterocycles. The summed E-state index contributed by atoms with van der Waals surface area (Å²) in [5, 5.41) is 18.6. The van der Waals surface area contributed by atoms with E-state index in [4.69, 9.17) is 9.99 Å². The van der Waals surface area contributed by atoms with Gasteiger partial charge >= 0.3 is 0 Å². The van der Waals surface area contributed by atoms with Crippen molar-refractivity contribution in [2.24, 2.45) is 0 Å². The van der Waals surface area contributed by atoms with Crippen molar-refractivity contribution in [2.45, 2.75) is 26.4 Å². The van der Waals surface area contributed by atoms with Gasteiger partial charge in [0.05, 0.1) is 17.8 Å². The number of ether oxygens (including phenoxy) is 1. The van der Waals surface area contributed by atoms with Gasteiger partial charge in [-0.3, -0.25) is 0 Å². The van der Waals surface area contributed by atoms with E-state index >= 15 is 0 Å². The van der Waals surface area contributed by atoms with E-state index in [9.17, 15) is 0 Å². The fraction of sp³-hybridized carbons (Fsp3) is 0.571. The Hall–Kier alpha value is -2.03. The number of rotatable bonds is 10. The van der Waals surface area contributed by atoms with E-state index in [1.54, 1.807) is 6.92 Å². The van der Waals surface area contributed by atoms with Crippen LogP contribution < -0.4 is 0 Å². The number of piperazine rings is 1. The Morgan fingerprint density at radius 1 is 1.17 bits per heavy atom. The number of pyridine rings is 1. The standard InChI is InChI=1S/C17H26N4O.C4H6O4/c1-19-9-11-20(12-10-19)7-4-5-13-22-15-16-14-17-6-2-3-8-21(17)18-16;1-2-3-4-6-8-7-5/h2-3,6,8,14H,4-5,7,9-13,15H2,1H3;5H,4H2,1H3. The van der Waals surface area contributed by atoms with Crippen molar-refractivity contribution < 1.29 is 25.0 Å². The first kappa shape index (κ1) is 24.2. The highest BCUT2D eigenvalue weighted by atomic mass is 17.6. The van der Waals surface area contributed by atoms with Crippen LogP contribution in [0.5, 0.6) is 0 Å².